The fourth-order valence-electron chi connectivity index (χ4n) is 1.24. The molecule has 1 N–H and O–H groups in total. The summed E-state index contributed by atoms with van der Waals surface area (Å²) >= 11 is 1.66. The van der Waals surface area contributed by atoms with Crippen molar-refractivity contribution in [1.82, 2.24) is 9.78 Å². The first-order chi connectivity index (χ1) is 6.56. The van der Waals surface area contributed by atoms with Crippen LogP contribution in [0.2, 0.25) is 0 Å². The molecule has 4 nitrogen and oxygen atoms in total. The molecule has 78 valence electrons. The highest BCUT2D eigenvalue weighted by molar-refractivity contribution is 7.97. The van der Waals surface area contributed by atoms with Crippen LogP contribution in [0.3, 0.4) is 0 Å². The highest BCUT2D eigenvalue weighted by Gasteiger charge is 2.14. The predicted octanol–water partition coefficient (Wildman–Crippen LogP) is 2.03. The molecule has 0 unspecified atom stereocenters. The number of carboxylic acid groups (broad SMARTS) is 1. The Morgan fingerprint density at radius 2 is 2.36 bits per heavy atom. The average Bonchev–Trinajstić information content (AvgIpc) is 2.49. The van der Waals surface area contributed by atoms with E-state index in [1.807, 2.05) is 20.1 Å². The molecule has 0 aromatic carbocycles. The molecule has 0 saturated heterocycles. The Labute approximate surface area is 87.3 Å². The second kappa shape index (κ2) is 4.50. The molecule has 1 aromatic heterocycles. The largest absolute Gasteiger partial charge is 0.476 e. The molecule has 5 heteroatoms. The fraction of sp³-hybridized carbons (Fsp3) is 0.556. The van der Waals surface area contributed by atoms with E-state index in [9.17, 15) is 4.79 Å². The number of thioether (sulfide) groups is 1. The van der Waals surface area contributed by atoms with Crippen molar-refractivity contribution in [1.29, 1.82) is 0 Å². The molecule has 0 atom stereocenters. The van der Waals surface area contributed by atoms with Gasteiger partial charge in [0, 0.05) is 17.5 Å². The van der Waals surface area contributed by atoms with Crippen LogP contribution in [0.25, 0.3) is 0 Å². The number of hydrogen-bond acceptors (Lipinski definition) is 3. The topological polar surface area (TPSA) is 55.1 Å². The Hall–Kier alpha value is -0.970. The third-order valence-corrected chi connectivity index (χ3v) is 2.40. The quantitative estimate of drug-likeness (QED) is 0.833. The van der Waals surface area contributed by atoms with Crippen molar-refractivity contribution in [3.05, 3.63) is 17.5 Å². The lowest BCUT2D eigenvalue weighted by molar-refractivity contribution is 0.0689. The minimum atomic E-state index is -0.966. The number of carbonyl (C=O) groups is 1. The maximum atomic E-state index is 10.7. The molecule has 0 spiro atoms. The van der Waals surface area contributed by atoms with Crippen LogP contribution in [-0.2, 0) is 5.75 Å². The molecule has 0 aliphatic heterocycles. The van der Waals surface area contributed by atoms with Gasteiger partial charge in [0.1, 0.15) is 0 Å². The molecule has 0 radical (unpaired) electrons. The van der Waals surface area contributed by atoms with Gasteiger partial charge in [0.25, 0.3) is 0 Å². The van der Waals surface area contributed by atoms with E-state index in [-0.39, 0.29) is 11.7 Å². The minimum absolute atomic E-state index is 0.128. The Kier molecular flexibility index (Phi) is 3.57. The van der Waals surface area contributed by atoms with Gasteiger partial charge < -0.3 is 5.11 Å². The van der Waals surface area contributed by atoms with E-state index >= 15 is 0 Å². The highest BCUT2D eigenvalue weighted by Crippen LogP contribution is 2.15. The van der Waals surface area contributed by atoms with Crippen molar-refractivity contribution in [2.75, 3.05) is 6.26 Å². The third kappa shape index (κ3) is 2.29. The fourth-order valence-corrected chi connectivity index (χ4v) is 1.75. The maximum Gasteiger partial charge on any atom is 0.356 e. The molecule has 0 saturated carbocycles. The van der Waals surface area contributed by atoms with Crippen LogP contribution in [-0.4, -0.2) is 27.1 Å². The van der Waals surface area contributed by atoms with Gasteiger partial charge in [-0.1, -0.05) is 0 Å². The normalized spacial score (nSPS) is 10.9. The van der Waals surface area contributed by atoms with Crippen molar-refractivity contribution in [2.24, 2.45) is 0 Å². The second-order valence-corrected chi connectivity index (χ2v) is 4.16. The van der Waals surface area contributed by atoms with E-state index in [4.69, 9.17) is 5.11 Å². The summed E-state index contributed by atoms with van der Waals surface area (Å²) in [5.41, 5.74) is 1.09. The SMILES string of the molecule is CSCc1cc(C(=O)O)nn1C(C)C. The summed E-state index contributed by atoms with van der Waals surface area (Å²) in [5.74, 6) is -0.176. The minimum Gasteiger partial charge on any atom is -0.476 e. The number of nitrogens with zero attached hydrogens (tertiary/aromatic N) is 2. The van der Waals surface area contributed by atoms with Crippen LogP contribution in [0, 0.1) is 0 Å². The lowest BCUT2D eigenvalue weighted by atomic mass is 10.3. The van der Waals surface area contributed by atoms with Crippen LogP contribution in [0.5, 0.6) is 0 Å². The summed E-state index contributed by atoms with van der Waals surface area (Å²) in [4.78, 5) is 10.7. The summed E-state index contributed by atoms with van der Waals surface area (Å²) in [5, 5.41) is 12.8. The van der Waals surface area contributed by atoms with Crippen molar-refractivity contribution in [3.63, 3.8) is 0 Å². The molecule has 1 aromatic rings. The Morgan fingerprint density at radius 1 is 1.71 bits per heavy atom. The molecule has 0 aliphatic rings. The Balaban J connectivity index is 3.05. The number of rotatable bonds is 4. The van der Waals surface area contributed by atoms with E-state index in [1.165, 1.54) is 0 Å². The third-order valence-electron chi connectivity index (χ3n) is 1.81. The standard InChI is InChI=1S/C9H14N2O2S/c1-6(2)11-7(5-14-3)4-8(10-11)9(12)13/h4,6H,5H2,1-3H3,(H,12,13). The van der Waals surface area contributed by atoms with E-state index in [1.54, 1.807) is 22.5 Å². The van der Waals surface area contributed by atoms with Gasteiger partial charge in [0.05, 0.1) is 0 Å². The smallest absolute Gasteiger partial charge is 0.356 e. The molecule has 1 heterocycles. The average molecular weight is 214 g/mol. The highest BCUT2D eigenvalue weighted by atomic mass is 32.2. The van der Waals surface area contributed by atoms with Crippen molar-refractivity contribution in [2.45, 2.75) is 25.6 Å². The number of aromatic nitrogens is 2. The van der Waals surface area contributed by atoms with E-state index in [0.29, 0.717) is 0 Å². The van der Waals surface area contributed by atoms with Gasteiger partial charge in [-0.05, 0) is 26.2 Å². The summed E-state index contributed by atoms with van der Waals surface area (Å²) in [6.45, 7) is 3.98. The Bertz CT molecular complexity index is 334. The van der Waals surface area contributed by atoms with Crippen LogP contribution in [0.4, 0.5) is 0 Å². The lowest BCUT2D eigenvalue weighted by Gasteiger charge is -2.09. The first-order valence-electron chi connectivity index (χ1n) is 4.37. The van der Waals surface area contributed by atoms with Crippen molar-refractivity contribution >= 4 is 17.7 Å². The Morgan fingerprint density at radius 3 is 2.79 bits per heavy atom. The van der Waals surface area contributed by atoms with Gasteiger partial charge >= 0.3 is 5.97 Å². The molecule has 1 rings (SSSR count). The molecule has 0 fully saturated rings. The second-order valence-electron chi connectivity index (χ2n) is 3.30. The van der Waals surface area contributed by atoms with Crippen LogP contribution < -0.4 is 0 Å². The van der Waals surface area contributed by atoms with Gasteiger partial charge in [0.15, 0.2) is 5.69 Å². The summed E-state index contributed by atoms with van der Waals surface area (Å²) < 4.78 is 1.76. The predicted molar refractivity (Wildman–Crippen MR) is 56.8 cm³/mol. The number of aromatic carboxylic acids is 1. The molecule has 14 heavy (non-hydrogen) atoms. The van der Waals surface area contributed by atoms with Crippen LogP contribution in [0.1, 0.15) is 36.1 Å². The van der Waals surface area contributed by atoms with Crippen molar-refractivity contribution in [3.8, 4) is 0 Å². The molecular weight excluding hydrogens is 200 g/mol. The molecular formula is C9H14N2O2S. The van der Waals surface area contributed by atoms with Gasteiger partial charge in [-0.2, -0.15) is 16.9 Å². The van der Waals surface area contributed by atoms with Gasteiger partial charge in [-0.3, -0.25) is 4.68 Å². The van der Waals surface area contributed by atoms with E-state index < -0.39 is 5.97 Å². The van der Waals surface area contributed by atoms with Gasteiger partial charge in [-0.15, -0.1) is 0 Å². The first-order valence-corrected chi connectivity index (χ1v) is 5.76. The van der Waals surface area contributed by atoms with E-state index in [2.05, 4.69) is 5.10 Å². The molecule has 0 aliphatic carbocycles. The van der Waals surface area contributed by atoms with Crippen molar-refractivity contribution < 1.29 is 9.90 Å². The van der Waals surface area contributed by atoms with E-state index in [0.717, 1.165) is 11.4 Å². The lowest BCUT2D eigenvalue weighted by Crippen LogP contribution is -2.07. The maximum absolute atomic E-state index is 10.7. The van der Waals surface area contributed by atoms with Crippen LogP contribution >= 0.6 is 11.8 Å². The summed E-state index contributed by atoms with van der Waals surface area (Å²) in [6.07, 6.45) is 1.98. The zero-order chi connectivity index (χ0) is 10.7. The monoisotopic (exact) mass is 214 g/mol. The number of hydrogen-bond donors (Lipinski definition) is 1. The van der Waals surface area contributed by atoms with Gasteiger partial charge in [-0.25, -0.2) is 4.79 Å². The zero-order valence-corrected chi connectivity index (χ0v) is 9.34. The number of carboxylic acids is 1. The molecule has 0 bridgehead atoms. The summed E-state index contributed by atoms with van der Waals surface area (Å²) in [6, 6.07) is 1.84. The van der Waals surface area contributed by atoms with Gasteiger partial charge in [0.2, 0.25) is 0 Å². The van der Waals surface area contributed by atoms with Crippen LogP contribution in [0.15, 0.2) is 6.07 Å². The summed E-state index contributed by atoms with van der Waals surface area (Å²) in [7, 11) is 0. The molecule has 0 amide bonds. The first kappa shape index (κ1) is 11.1. The zero-order valence-electron chi connectivity index (χ0n) is 8.52.